The van der Waals surface area contributed by atoms with Crippen LogP contribution < -0.4 is 22.0 Å². The third kappa shape index (κ3) is 4.89. The first kappa shape index (κ1) is 23.2. The molecule has 0 radical (unpaired) electrons. The van der Waals surface area contributed by atoms with E-state index < -0.39 is 17.2 Å². The number of nitrogens with zero attached hydrogens (tertiary/aromatic N) is 2. The Balaban J connectivity index is 0.00000190. The van der Waals surface area contributed by atoms with E-state index in [4.69, 9.17) is 4.84 Å². The molecule has 0 fully saturated rings. The predicted molar refractivity (Wildman–Crippen MR) is 111 cm³/mol. The molecule has 0 saturated carbocycles. The highest BCUT2D eigenvalue weighted by Gasteiger charge is 2.22. The van der Waals surface area contributed by atoms with Crippen LogP contribution in [-0.2, 0) is 25.4 Å². The minimum Gasteiger partial charge on any atom is -0.341 e. The number of hydrogen-bond acceptors (Lipinski definition) is 5. The van der Waals surface area contributed by atoms with E-state index in [1.54, 1.807) is 6.92 Å². The van der Waals surface area contributed by atoms with Crippen molar-refractivity contribution in [3.63, 3.8) is 0 Å². The average Bonchev–Trinajstić information content (AvgIpc) is 2.71. The average molecular weight is 390 g/mol. The second-order valence-electron chi connectivity index (χ2n) is 5.91. The van der Waals surface area contributed by atoms with Crippen molar-refractivity contribution in [2.24, 2.45) is 14.1 Å². The van der Waals surface area contributed by atoms with Gasteiger partial charge in [0.05, 0.1) is 6.61 Å². The Labute approximate surface area is 165 Å². The van der Waals surface area contributed by atoms with Gasteiger partial charge in [0.2, 0.25) is 0 Å². The molecule has 0 saturated heterocycles. The fraction of sp³-hybridized carbons (Fsp3) is 0.450. The van der Waals surface area contributed by atoms with Crippen molar-refractivity contribution in [2.75, 3.05) is 11.9 Å². The van der Waals surface area contributed by atoms with Crippen LogP contribution in [0.15, 0.2) is 27.8 Å². The minimum absolute atomic E-state index is 0.112. The first-order valence-corrected chi connectivity index (χ1v) is 9.40. The van der Waals surface area contributed by atoms with Crippen LogP contribution in [0.1, 0.15) is 49.2 Å². The van der Waals surface area contributed by atoms with E-state index in [9.17, 15) is 14.4 Å². The summed E-state index contributed by atoms with van der Waals surface area (Å²) in [7, 11) is 2.82. The zero-order valence-corrected chi connectivity index (χ0v) is 17.7. The summed E-state index contributed by atoms with van der Waals surface area (Å²) in [6.07, 6.45) is 0.842. The van der Waals surface area contributed by atoms with Crippen molar-refractivity contribution in [3.05, 3.63) is 55.7 Å². The number of carbonyl (C=O) groups excluding carboxylic acids is 1. The zero-order chi connectivity index (χ0) is 21.4. The van der Waals surface area contributed by atoms with E-state index in [0.29, 0.717) is 5.69 Å². The second kappa shape index (κ2) is 10.5. The first-order chi connectivity index (χ1) is 13.3. The van der Waals surface area contributed by atoms with E-state index in [0.717, 1.165) is 22.1 Å². The van der Waals surface area contributed by atoms with Crippen LogP contribution in [0.4, 0.5) is 11.5 Å². The van der Waals surface area contributed by atoms with Gasteiger partial charge in [-0.3, -0.25) is 23.6 Å². The maximum Gasteiger partial charge on any atom is 0.332 e. The van der Waals surface area contributed by atoms with Gasteiger partial charge in [-0.05, 0) is 43.5 Å². The highest BCUT2D eigenvalue weighted by atomic mass is 16.6. The number of aryl methyl sites for hydroxylation is 2. The molecule has 8 nitrogen and oxygen atoms in total. The lowest BCUT2D eigenvalue weighted by Gasteiger charge is -2.17. The van der Waals surface area contributed by atoms with Crippen molar-refractivity contribution >= 4 is 17.4 Å². The Hall–Kier alpha value is -2.87. The molecule has 0 aliphatic carbocycles. The van der Waals surface area contributed by atoms with E-state index in [2.05, 4.69) is 10.8 Å². The smallest absolute Gasteiger partial charge is 0.332 e. The number of carbonyl (C=O) groups is 1. The molecular formula is C20H30N4O4. The van der Waals surface area contributed by atoms with E-state index in [1.165, 1.54) is 18.7 Å². The summed E-state index contributed by atoms with van der Waals surface area (Å²) in [5.41, 5.74) is 3.74. The molecule has 0 aliphatic rings. The second-order valence-corrected chi connectivity index (χ2v) is 5.91. The number of amides is 1. The van der Waals surface area contributed by atoms with Gasteiger partial charge in [0.15, 0.2) is 0 Å². The van der Waals surface area contributed by atoms with Crippen LogP contribution in [0.25, 0.3) is 0 Å². The molecule has 1 heterocycles. The first-order valence-electron chi connectivity index (χ1n) is 9.40. The highest BCUT2D eigenvalue weighted by molar-refractivity contribution is 5.98. The standard InChI is InChI=1S/C18H24N4O4.C2H6/c1-6-12-10-13(9-8-11(12)3)19-15-14(16(23)20-26-7-2)17(24)22(5)18(25)21(15)4;1-2/h8-10,19H,6-7H2,1-5H3,(H,20,23);1-2H3. The molecule has 28 heavy (non-hydrogen) atoms. The lowest BCUT2D eigenvalue weighted by molar-refractivity contribution is 0.0363. The summed E-state index contributed by atoms with van der Waals surface area (Å²) in [6.45, 7) is 10.0. The Morgan fingerprint density at radius 2 is 1.75 bits per heavy atom. The Kier molecular flexibility index (Phi) is 8.66. The minimum atomic E-state index is -0.714. The lowest BCUT2D eigenvalue weighted by Crippen LogP contribution is -2.43. The summed E-state index contributed by atoms with van der Waals surface area (Å²) in [5.74, 6) is -0.602. The number of benzene rings is 1. The van der Waals surface area contributed by atoms with Gasteiger partial charge in [-0.2, -0.15) is 0 Å². The molecule has 0 spiro atoms. The third-order valence-corrected chi connectivity index (χ3v) is 4.19. The molecule has 0 aliphatic heterocycles. The molecule has 0 unspecified atom stereocenters. The van der Waals surface area contributed by atoms with E-state index >= 15 is 0 Å². The van der Waals surface area contributed by atoms with Crippen molar-refractivity contribution < 1.29 is 9.63 Å². The van der Waals surface area contributed by atoms with Gasteiger partial charge >= 0.3 is 5.69 Å². The van der Waals surface area contributed by atoms with Crippen molar-refractivity contribution in [1.82, 2.24) is 14.6 Å². The summed E-state index contributed by atoms with van der Waals surface area (Å²) < 4.78 is 2.12. The van der Waals surface area contributed by atoms with E-state index in [-0.39, 0.29) is 18.0 Å². The Morgan fingerprint density at radius 1 is 1.11 bits per heavy atom. The molecule has 8 heteroatoms. The van der Waals surface area contributed by atoms with Crippen LogP contribution in [0.3, 0.4) is 0 Å². The molecule has 2 rings (SSSR count). The maximum atomic E-state index is 12.5. The van der Waals surface area contributed by atoms with Gasteiger partial charge in [-0.15, -0.1) is 0 Å². The van der Waals surface area contributed by atoms with Gasteiger partial charge in [-0.1, -0.05) is 26.8 Å². The molecule has 154 valence electrons. The molecule has 2 aromatic rings. The largest absolute Gasteiger partial charge is 0.341 e. The SMILES string of the molecule is CC.CCONC(=O)c1c(Nc2ccc(C)c(CC)c2)n(C)c(=O)n(C)c1=O. The van der Waals surface area contributed by atoms with Gasteiger partial charge in [-0.25, -0.2) is 10.3 Å². The number of hydroxylamine groups is 1. The molecular weight excluding hydrogens is 360 g/mol. The molecule has 1 aromatic carbocycles. The molecule has 2 N–H and O–H groups in total. The Morgan fingerprint density at radius 3 is 2.32 bits per heavy atom. The van der Waals surface area contributed by atoms with Crippen molar-refractivity contribution in [1.29, 1.82) is 0 Å². The number of anilines is 2. The summed E-state index contributed by atoms with van der Waals surface area (Å²) >= 11 is 0. The molecule has 0 bridgehead atoms. The van der Waals surface area contributed by atoms with Crippen LogP contribution in [-0.4, -0.2) is 21.6 Å². The van der Waals surface area contributed by atoms with Gasteiger partial charge in [0, 0.05) is 19.8 Å². The third-order valence-electron chi connectivity index (χ3n) is 4.19. The summed E-state index contributed by atoms with van der Waals surface area (Å²) in [5, 5.41) is 3.04. The van der Waals surface area contributed by atoms with Crippen LogP contribution in [0, 0.1) is 6.92 Å². The van der Waals surface area contributed by atoms with Crippen LogP contribution in [0.2, 0.25) is 0 Å². The van der Waals surface area contributed by atoms with E-state index in [1.807, 2.05) is 45.9 Å². The van der Waals surface area contributed by atoms with Gasteiger partial charge < -0.3 is 5.32 Å². The normalized spacial score (nSPS) is 10.1. The fourth-order valence-corrected chi connectivity index (χ4v) is 2.65. The predicted octanol–water partition coefficient (Wildman–Crippen LogP) is 2.41. The number of rotatable bonds is 6. The lowest BCUT2D eigenvalue weighted by atomic mass is 10.1. The monoisotopic (exact) mass is 390 g/mol. The summed E-state index contributed by atoms with van der Waals surface area (Å²) in [4.78, 5) is 42.2. The maximum absolute atomic E-state index is 12.5. The molecule has 0 atom stereocenters. The summed E-state index contributed by atoms with van der Waals surface area (Å²) in [6, 6.07) is 5.71. The fourth-order valence-electron chi connectivity index (χ4n) is 2.65. The number of hydrogen-bond donors (Lipinski definition) is 2. The van der Waals surface area contributed by atoms with Crippen LogP contribution >= 0.6 is 0 Å². The zero-order valence-electron chi connectivity index (χ0n) is 17.7. The quantitative estimate of drug-likeness (QED) is 0.739. The Bertz CT molecular complexity index is 944. The molecule has 1 aromatic heterocycles. The molecule has 1 amide bonds. The number of nitrogens with one attached hydrogen (secondary N) is 2. The van der Waals surface area contributed by atoms with Gasteiger partial charge in [0.1, 0.15) is 11.4 Å². The number of aromatic nitrogens is 2. The van der Waals surface area contributed by atoms with Crippen molar-refractivity contribution in [3.8, 4) is 0 Å². The highest BCUT2D eigenvalue weighted by Crippen LogP contribution is 2.21. The van der Waals surface area contributed by atoms with Crippen LogP contribution in [0.5, 0.6) is 0 Å². The topological polar surface area (TPSA) is 94.4 Å². The van der Waals surface area contributed by atoms with Crippen molar-refractivity contribution in [2.45, 2.75) is 41.0 Å². The van der Waals surface area contributed by atoms with Gasteiger partial charge in [0.25, 0.3) is 11.5 Å².